The van der Waals surface area contributed by atoms with Gasteiger partial charge in [-0.05, 0) is 39.3 Å². The van der Waals surface area contributed by atoms with Crippen molar-refractivity contribution >= 4 is 23.0 Å². The highest BCUT2D eigenvalue weighted by molar-refractivity contribution is 7.80. The molecule has 1 heterocycles. The maximum absolute atomic E-state index is 5.71. The van der Waals surface area contributed by atoms with Crippen molar-refractivity contribution in [3.8, 4) is 0 Å². The Morgan fingerprint density at radius 1 is 1.47 bits per heavy atom. The quantitative estimate of drug-likeness (QED) is 0.790. The van der Waals surface area contributed by atoms with Gasteiger partial charge in [0.1, 0.15) is 10.8 Å². The summed E-state index contributed by atoms with van der Waals surface area (Å²) >= 11 is 5.04. The van der Waals surface area contributed by atoms with Crippen molar-refractivity contribution in [2.45, 2.75) is 46.1 Å². The van der Waals surface area contributed by atoms with Crippen LogP contribution < -0.4 is 11.1 Å². The summed E-state index contributed by atoms with van der Waals surface area (Å²) in [5, 5.41) is 3.43. The number of hydrogen-bond acceptors (Lipinski definition) is 3. The Balaban J connectivity index is 3.04. The summed E-state index contributed by atoms with van der Waals surface area (Å²) in [6.07, 6.45) is 2.19. The topological polar surface area (TPSA) is 50.9 Å². The Morgan fingerprint density at radius 3 is 2.65 bits per heavy atom. The van der Waals surface area contributed by atoms with Gasteiger partial charge in [-0.25, -0.2) is 4.98 Å². The standard InChI is InChI=1S/C13H21N3S/c1-5-8-13(3,4)16-12-10(11(14)17)7-6-9(2)15-12/h6-7H,5,8H2,1-4H3,(H2,14,17)(H,15,16). The van der Waals surface area contributed by atoms with Crippen molar-refractivity contribution in [2.24, 2.45) is 5.73 Å². The SMILES string of the molecule is CCCC(C)(C)Nc1nc(C)ccc1C(N)=S. The average Bonchev–Trinajstić information content (AvgIpc) is 2.15. The summed E-state index contributed by atoms with van der Waals surface area (Å²) in [4.78, 5) is 4.86. The first-order valence-corrected chi connectivity index (χ1v) is 6.32. The predicted octanol–water partition coefficient (Wildman–Crippen LogP) is 3.01. The fourth-order valence-corrected chi connectivity index (χ4v) is 2.02. The van der Waals surface area contributed by atoms with Crippen LogP contribution >= 0.6 is 12.2 Å². The lowest BCUT2D eigenvalue weighted by atomic mass is 9.98. The van der Waals surface area contributed by atoms with Crippen molar-refractivity contribution in [3.05, 3.63) is 23.4 Å². The molecule has 0 aliphatic carbocycles. The molecular formula is C13H21N3S. The number of thiocarbonyl (C=S) groups is 1. The first kappa shape index (κ1) is 13.9. The Labute approximate surface area is 109 Å². The molecular weight excluding hydrogens is 230 g/mol. The zero-order valence-corrected chi connectivity index (χ0v) is 11.8. The molecule has 0 atom stereocenters. The number of anilines is 1. The number of rotatable bonds is 5. The van der Waals surface area contributed by atoms with Crippen molar-refractivity contribution in [3.63, 3.8) is 0 Å². The number of nitrogens with zero attached hydrogens (tertiary/aromatic N) is 1. The summed E-state index contributed by atoms with van der Waals surface area (Å²) in [7, 11) is 0. The molecule has 0 radical (unpaired) electrons. The highest BCUT2D eigenvalue weighted by Gasteiger charge is 2.19. The molecule has 0 bridgehead atoms. The van der Waals surface area contributed by atoms with E-state index in [9.17, 15) is 0 Å². The minimum atomic E-state index is -0.00488. The summed E-state index contributed by atoms with van der Waals surface area (Å²) in [5.41, 5.74) is 7.48. The van der Waals surface area contributed by atoms with E-state index in [0.717, 1.165) is 29.9 Å². The first-order valence-electron chi connectivity index (χ1n) is 5.91. The van der Waals surface area contributed by atoms with Gasteiger partial charge in [-0.15, -0.1) is 0 Å². The molecule has 0 aliphatic rings. The van der Waals surface area contributed by atoms with Gasteiger partial charge in [0.05, 0.1) is 5.56 Å². The van der Waals surface area contributed by atoms with Gasteiger partial charge >= 0.3 is 0 Å². The summed E-state index contributed by atoms with van der Waals surface area (Å²) in [6, 6.07) is 3.85. The van der Waals surface area contributed by atoms with Crippen LogP contribution in [0.1, 0.15) is 44.9 Å². The second kappa shape index (κ2) is 5.45. The molecule has 0 saturated heterocycles. The van der Waals surface area contributed by atoms with Crippen LogP contribution in [0.4, 0.5) is 5.82 Å². The average molecular weight is 251 g/mol. The third kappa shape index (κ3) is 3.97. The van der Waals surface area contributed by atoms with Gasteiger partial charge in [0, 0.05) is 11.2 Å². The molecule has 0 saturated carbocycles. The largest absolute Gasteiger partial charge is 0.389 e. The van der Waals surface area contributed by atoms with E-state index in [1.165, 1.54) is 0 Å². The van der Waals surface area contributed by atoms with Crippen LogP contribution in [0.15, 0.2) is 12.1 Å². The van der Waals surface area contributed by atoms with Crippen molar-refractivity contribution in [1.29, 1.82) is 0 Å². The maximum atomic E-state index is 5.71. The molecule has 3 N–H and O–H groups in total. The van der Waals surface area contributed by atoms with Crippen LogP contribution in [-0.4, -0.2) is 15.5 Å². The number of aryl methyl sites for hydroxylation is 1. The Kier molecular flexibility index (Phi) is 4.46. The molecule has 94 valence electrons. The van der Waals surface area contributed by atoms with Crippen LogP contribution in [0.3, 0.4) is 0 Å². The lowest BCUT2D eigenvalue weighted by Gasteiger charge is -2.27. The second-order valence-corrected chi connectivity index (χ2v) is 5.41. The molecule has 1 aromatic heterocycles. The minimum Gasteiger partial charge on any atom is -0.389 e. The van der Waals surface area contributed by atoms with Crippen LogP contribution in [0.25, 0.3) is 0 Å². The minimum absolute atomic E-state index is 0.00488. The third-order valence-electron chi connectivity index (χ3n) is 2.63. The van der Waals surface area contributed by atoms with Crippen molar-refractivity contribution in [2.75, 3.05) is 5.32 Å². The highest BCUT2D eigenvalue weighted by atomic mass is 32.1. The van der Waals surface area contributed by atoms with E-state index in [-0.39, 0.29) is 5.54 Å². The molecule has 0 aliphatic heterocycles. The smallest absolute Gasteiger partial charge is 0.136 e. The Hall–Kier alpha value is -1.16. The molecule has 1 rings (SSSR count). The number of aromatic nitrogens is 1. The van der Waals surface area contributed by atoms with E-state index in [2.05, 4.69) is 31.1 Å². The van der Waals surface area contributed by atoms with Crippen LogP contribution in [0.2, 0.25) is 0 Å². The van der Waals surface area contributed by atoms with Crippen molar-refractivity contribution < 1.29 is 0 Å². The molecule has 0 spiro atoms. The fraction of sp³-hybridized carbons (Fsp3) is 0.538. The molecule has 0 fully saturated rings. The van der Waals surface area contributed by atoms with Gasteiger partial charge in [-0.3, -0.25) is 0 Å². The molecule has 0 unspecified atom stereocenters. The monoisotopic (exact) mass is 251 g/mol. The lowest BCUT2D eigenvalue weighted by molar-refractivity contribution is 0.509. The second-order valence-electron chi connectivity index (χ2n) is 4.97. The number of pyridine rings is 1. The van der Waals surface area contributed by atoms with Crippen LogP contribution in [0, 0.1) is 6.92 Å². The number of hydrogen-bond donors (Lipinski definition) is 2. The molecule has 3 nitrogen and oxygen atoms in total. The molecule has 4 heteroatoms. The van der Waals surface area contributed by atoms with E-state index < -0.39 is 0 Å². The summed E-state index contributed by atoms with van der Waals surface area (Å²) in [5.74, 6) is 0.788. The zero-order valence-electron chi connectivity index (χ0n) is 11.0. The van der Waals surface area contributed by atoms with E-state index in [1.807, 2.05) is 19.1 Å². The summed E-state index contributed by atoms with van der Waals surface area (Å²) < 4.78 is 0. The molecule has 0 amide bonds. The maximum Gasteiger partial charge on any atom is 0.136 e. The lowest BCUT2D eigenvalue weighted by Crippen LogP contribution is -2.32. The highest BCUT2D eigenvalue weighted by Crippen LogP contribution is 2.21. The van der Waals surface area contributed by atoms with E-state index in [4.69, 9.17) is 18.0 Å². The molecule has 1 aromatic rings. The van der Waals surface area contributed by atoms with Gasteiger partial charge in [-0.1, -0.05) is 25.6 Å². The number of nitrogens with two attached hydrogens (primary N) is 1. The Bertz CT molecular complexity index is 413. The van der Waals surface area contributed by atoms with Gasteiger partial charge in [0.25, 0.3) is 0 Å². The van der Waals surface area contributed by atoms with Gasteiger partial charge in [0.15, 0.2) is 0 Å². The van der Waals surface area contributed by atoms with E-state index >= 15 is 0 Å². The van der Waals surface area contributed by atoms with Gasteiger partial charge in [-0.2, -0.15) is 0 Å². The predicted molar refractivity (Wildman–Crippen MR) is 77.5 cm³/mol. The normalized spacial score (nSPS) is 11.3. The molecule has 0 aromatic carbocycles. The molecule has 17 heavy (non-hydrogen) atoms. The van der Waals surface area contributed by atoms with Crippen molar-refractivity contribution in [1.82, 2.24) is 4.98 Å². The van der Waals surface area contributed by atoms with Crippen LogP contribution in [0.5, 0.6) is 0 Å². The summed E-state index contributed by atoms with van der Waals surface area (Å²) in [6.45, 7) is 8.44. The first-order chi connectivity index (χ1) is 7.85. The fourth-order valence-electron chi connectivity index (χ4n) is 1.86. The van der Waals surface area contributed by atoms with Gasteiger partial charge < -0.3 is 11.1 Å². The third-order valence-corrected chi connectivity index (χ3v) is 2.85. The number of nitrogens with one attached hydrogen (secondary N) is 1. The Morgan fingerprint density at radius 2 is 2.12 bits per heavy atom. The van der Waals surface area contributed by atoms with E-state index in [1.54, 1.807) is 0 Å². The van der Waals surface area contributed by atoms with E-state index in [0.29, 0.717) is 4.99 Å². The van der Waals surface area contributed by atoms with Gasteiger partial charge in [0.2, 0.25) is 0 Å². The zero-order chi connectivity index (χ0) is 13.1. The van der Waals surface area contributed by atoms with Crippen LogP contribution in [-0.2, 0) is 0 Å².